The van der Waals surface area contributed by atoms with Gasteiger partial charge in [-0.05, 0) is 44.0 Å². The third-order valence-electron chi connectivity index (χ3n) is 4.63. The molecule has 1 aromatic heterocycles. The van der Waals surface area contributed by atoms with Crippen LogP contribution in [0.5, 0.6) is 5.75 Å². The van der Waals surface area contributed by atoms with Crippen LogP contribution in [0, 0.1) is 5.92 Å². The lowest BCUT2D eigenvalue weighted by Gasteiger charge is -2.24. The average Bonchev–Trinajstić information content (AvgIpc) is 2.97. The van der Waals surface area contributed by atoms with Gasteiger partial charge in [0.2, 0.25) is 0 Å². The highest BCUT2D eigenvalue weighted by molar-refractivity contribution is 5.85. The van der Waals surface area contributed by atoms with E-state index in [-0.39, 0.29) is 5.75 Å². The summed E-state index contributed by atoms with van der Waals surface area (Å²) in [5, 5.41) is 13.7. The zero-order valence-corrected chi connectivity index (χ0v) is 13.1. The number of phenols is 1. The highest BCUT2D eigenvalue weighted by atomic mass is 16.3. The van der Waals surface area contributed by atoms with Crippen LogP contribution in [0.4, 0.5) is 0 Å². The van der Waals surface area contributed by atoms with Crippen molar-refractivity contribution in [2.75, 3.05) is 13.1 Å². The second kappa shape index (κ2) is 6.05. The molecule has 1 aliphatic rings. The van der Waals surface area contributed by atoms with Crippen molar-refractivity contribution in [3.63, 3.8) is 0 Å². The summed E-state index contributed by atoms with van der Waals surface area (Å²) in [6.45, 7) is 3.09. The first kappa shape index (κ1) is 14.3. The number of aromatic hydroxyl groups is 1. The Balaban J connectivity index is 1.83. The zero-order chi connectivity index (χ0) is 15.6. The van der Waals surface area contributed by atoms with E-state index in [2.05, 4.69) is 22.0 Å². The lowest BCUT2D eigenvalue weighted by atomic mass is 9.99. The van der Waals surface area contributed by atoms with Gasteiger partial charge < -0.3 is 15.0 Å². The number of hydrogen-bond acceptors (Lipinski definition) is 3. The van der Waals surface area contributed by atoms with Crippen molar-refractivity contribution in [3.05, 3.63) is 48.5 Å². The largest absolute Gasteiger partial charge is 0.506 e. The number of benzene rings is 2. The van der Waals surface area contributed by atoms with Gasteiger partial charge >= 0.3 is 0 Å². The summed E-state index contributed by atoms with van der Waals surface area (Å²) in [4.78, 5) is 4.74. The van der Waals surface area contributed by atoms with Crippen LogP contribution in [0.2, 0.25) is 0 Å². The van der Waals surface area contributed by atoms with Crippen LogP contribution < -0.4 is 5.32 Å². The second-order valence-electron chi connectivity index (χ2n) is 6.27. The van der Waals surface area contributed by atoms with Crippen molar-refractivity contribution in [3.8, 4) is 17.1 Å². The third-order valence-corrected chi connectivity index (χ3v) is 4.63. The number of imidazole rings is 1. The first-order valence-electron chi connectivity index (χ1n) is 8.27. The SMILES string of the molecule is Oc1cccc2c1nc(-c1ccccc1)n2CC1CCCNC1. The molecule has 1 unspecified atom stereocenters. The summed E-state index contributed by atoms with van der Waals surface area (Å²) < 4.78 is 2.27. The van der Waals surface area contributed by atoms with Crippen LogP contribution in [0.3, 0.4) is 0 Å². The minimum Gasteiger partial charge on any atom is -0.506 e. The Kier molecular flexibility index (Phi) is 3.75. The molecule has 2 aromatic carbocycles. The molecule has 4 rings (SSSR count). The molecule has 0 bridgehead atoms. The number of hydrogen-bond donors (Lipinski definition) is 2. The predicted molar refractivity (Wildman–Crippen MR) is 92.4 cm³/mol. The van der Waals surface area contributed by atoms with E-state index in [0.717, 1.165) is 36.5 Å². The highest BCUT2D eigenvalue weighted by Gasteiger charge is 2.19. The number of phenolic OH excluding ortho intramolecular Hbond substituents is 1. The number of nitrogens with one attached hydrogen (secondary N) is 1. The van der Waals surface area contributed by atoms with Crippen molar-refractivity contribution in [1.82, 2.24) is 14.9 Å². The van der Waals surface area contributed by atoms with Crippen LogP contribution in [-0.2, 0) is 6.54 Å². The van der Waals surface area contributed by atoms with E-state index < -0.39 is 0 Å². The quantitative estimate of drug-likeness (QED) is 0.779. The van der Waals surface area contributed by atoms with E-state index in [1.54, 1.807) is 6.07 Å². The van der Waals surface area contributed by atoms with Gasteiger partial charge in [0.1, 0.15) is 17.1 Å². The van der Waals surface area contributed by atoms with Crippen LogP contribution in [0.15, 0.2) is 48.5 Å². The summed E-state index contributed by atoms with van der Waals surface area (Å²) in [5.41, 5.74) is 2.79. The maximum atomic E-state index is 10.2. The average molecular weight is 307 g/mol. The molecular formula is C19H21N3O. The molecule has 0 spiro atoms. The van der Waals surface area contributed by atoms with Crippen molar-refractivity contribution in [2.45, 2.75) is 19.4 Å². The monoisotopic (exact) mass is 307 g/mol. The van der Waals surface area contributed by atoms with E-state index >= 15 is 0 Å². The Hall–Kier alpha value is -2.33. The lowest BCUT2D eigenvalue weighted by molar-refractivity contribution is 0.341. The Morgan fingerprint density at radius 1 is 1.13 bits per heavy atom. The number of fused-ring (bicyclic) bond motifs is 1. The fourth-order valence-corrected chi connectivity index (χ4v) is 3.46. The summed E-state index contributed by atoms with van der Waals surface area (Å²) in [7, 11) is 0. The molecule has 2 heterocycles. The number of piperidine rings is 1. The van der Waals surface area contributed by atoms with Gasteiger partial charge in [-0.2, -0.15) is 0 Å². The molecule has 0 amide bonds. The summed E-state index contributed by atoms with van der Waals surface area (Å²) in [6, 6.07) is 15.9. The van der Waals surface area contributed by atoms with E-state index in [4.69, 9.17) is 4.98 Å². The molecule has 1 aliphatic heterocycles. The molecule has 0 saturated carbocycles. The first-order valence-corrected chi connectivity index (χ1v) is 8.27. The molecule has 4 heteroatoms. The van der Waals surface area contributed by atoms with Crippen molar-refractivity contribution >= 4 is 11.0 Å². The van der Waals surface area contributed by atoms with Gasteiger partial charge in [-0.1, -0.05) is 36.4 Å². The van der Waals surface area contributed by atoms with Gasteiger partial charge in [-0.25, -0.2) is 4.98 Å². The molecule has 23 heavy (non-hydrogen) atoms. The Morgan fingerprint density at radius 3 is 2.78 bits per heavy atom. The molecule has 3 aromatic rings. The molecule has 1 saturated heterocycles. The van der Waals surface area contributed by atoms with E-state index in [9.17, 15) is 5.11 Å². The Bertz CT molecular complexity index is 804. The molecule has 118 valence electrons. The van der Waals surface area contributed by atoms with Gasteiger partial charge in [0.25, 0.3) is 0 Å². The van der Waals surface area contributed by atoms with Crippen molar-refractivity contribution in [1.29, 1.82) is 0 Å². The van der Waals surface area contributed by atoms with Gasteiger partial charge in [0.05, 0.1) is 5.52 Å². The van der Waals surface area contributed by atoms with Gasteiger partial charge in [0, 0.05) is 12.1 Å². The van der Waals surface area contributed by atoms with E-state index in [1.807, 2.05) is 30.3 Å². The van der Waals surface area contributed by atoms with E-state index in [0.29, 0.717) is 11.4 Å². The van der Waals surface area contributed by atoms with Gasteiger partial charge in [-0.3, -0.25) is 0 Å². The molecular weight excluding hydrogens is 286 g/mol. The number of aromatic nitrogens is 2. The smallest absolute Gasteiger partial charge is 0.143 e. The first-order chi connectivity index (χ1) is 11.3. The topological polar surface area (TPSA) is 50.1 Å². The molecule has 1 fully saturated rings. The number of rotatable bonds is 3. The van der Waals surface area contributed by atoms with Crippen LogP contribution in [-0.4, -0.2) is 27.7 Å². The second-order valence-corrected chi connectivity index (χ2v) is 6.27. The standard InChI is InChI=1S/C19H21N3O/c23-17-10-4-9-16-18(17)21-19(15-7-2-1-3-8-15)22(16)13-14-6-5-11-20-12-14/h1-4,7-10,14,20,23H,5-6,11-13H2. The normalized spacial score (nSPS) is 18.3. The lowest BCUT2D eigenvalue weighted by Crippen LogP contribution is -2.32. The van der Waals surface area contributed by atoms with Gasteiger partial charge in [-0.15, -0.1) is 0 Å². The van der Waals surface area contributed by atoms with E-state index in [1.165, 1.54) is 12.8 Å². The Morgan fingerprint density at radius 2 is 2.00 bits per heavy atom. The highest BCUT2D eigenvalue weighted by Crippen LogP contribution is 2.31. The predicted octanol–water partition coefficient (Wildman–Crippen LogP) is 3.41. The maximum Gasteiger partial charge on any atom is 0.143 e. The minimum atomic E-state index is 0.250. The number of nitrogens with zero attached hydrogens (tertiary/aromatic N) is 2. The summed E-state index contributed by atoms with van der Waals surface area (Å²) in [5.74, 6) is 1.79. The minimum absolute atomic E-state index is 0.250. The number of para-hydroxylation sites is 1. The van der Waals surface area contributed by atoms with Crippen LogP contribution >= 0.6 is 0 Å². The maximum absolute atomic E-state index is 10.2. The molecule has 0 aliphatic carbocycles. The molecule has 0 radical (unpaired) electrons. The molecule has 1 atom stereocenters. The Labute approximate surface area is 135 Å². The summed E-state index contributed by atoms with van der Waals surface area (Å²) >= 11 is 0. The van der Waals surface area contributed by atoms with Crippen molar-refractivity contribution < 1.29 is 5.11 Å². The third kappa shape index (κ3) is 2.70. The van der Waals surface area contributed by atoms with Crippen molar-refractivity contribution in [2.24, 2.45) is 5.92 Å². The van der Waals surface area contributed by atoms with Crippen LogP contribution in [0.1, 0.15) is 12.8 Å². The fourth-order valence-electron chi connectivity index (χ4n) is 3.46. The van der Waals surface area contributed by atoms with Crippen LogP contribution in [0.25, 0.3) is 22.4 Å². The summed E-state index contributed by atoms with van der Waals surface area (Å²) in [6.07, 6.45) is 2.46. The van der Waals surface area contributed by atoms with Gasteiger partial charge in [0.15, 0.2) is 0 Å². The zero-order valence-electron chi connectivity index (χ0n) is 13.1. The fraction of sp³-hybridized carbons (Fsp3) is 0.316. The molecule has 4 nitrogen and oxygen atoms in total. The molecule has 2 N–H and O–H groups in total.